The largest absolute Gasteiger partial charge is 0.504 e. The van der Waals surface area contributed by atoms with Gasteiger partial charge in [0.15, 0.2) is 11.5 Å². The van der Waals surface area contributed by atoms with Gasteiger partial charge in [0.05, 0.1) is 5.56 Å². The molecule has 0 unspecified atom stereocenters. The molecule has 0 aliphatic carbocycles. The standard InChI is InChI=1S/C14H20N2O3/c17-12-6-3-5-11(13(12)18)14(19)15-7-4-10-16-8-1-2-9-16/h3,5-6,17-18H,1-2,4,7-10H2,(H,15,19). The van der Waals surface area contributed by atoms with Gasteiger partial charge in [0.1, 0.15) is 0 Å². The Morgan fingerprint density at radius 2 is 2.00 bits per heavy atom. The highest BCUT2D eigenvalue weighted by Crippen LogP contribution is 2.27. The molecule has 3 N–H and O–H groups in total. The minimum absolute atomic E-state index is 0.112. The lowest BCUT2D eigenvalue weighted by Crippen LogP contribution is -2.28. The molecule has 0 atom stereocenters. The number of amides is 1. The topological polar surface area (TPSA) is 72.8 Å². The first-order valence-corrected chi connectivity index (χ1v) is 6.70. The number of rotatable bonds is 5. The summed E-state index contributed by atoms with van der Waals surface area (Å²) in [6, 6.07) is 4.37. The van der Waals surface area contributed by atoms with E-state index in [-0.39, 0.29) is 23.0 Å². The number of carbonyl (C=O) groups is 1. The summed E-state index contributed by atoms with van der Waals surface area (Å²) in [6.45, 7) is 3.87. The van der Waals surface area contributed by atoms with Crippen LogP contribution in [0.2, 0.25) is 0 Å². The Hall–Kier alpha value is -1.75. The zero-order valence-corrected chi connectivity index (χ0v) is 10.9. The maximum absolute atomic E-state index is 11.8. The molecule has 1 aliphatic heterocycles. The lowest BCUT2D eigenvalue weighted by molar-refractivity contribution is 0.0948. The van der Waals surface area contributed by atoms with Crippen molar-refractivity contribution in [1.29, 1.82) is 0 Å². The molecule has 1 aromatic rings. The molecule has 0 saturated carbocycles. The molecule has 1 aromatic carbocycles. The lowest BCUT2D eigenvalue weighted by Gasteiger charge is -2.14. The SMILES string of the molecule is O=C(NCCCN1CCCC1)c1cccc(O)c1O. The first kappa shape index (κ1) is 13.7. The molecular formula is C14H20N2O3. The van der Waals surface area contributed by atoms with Crippen molar-refractivity contribution in [3.05, 3.63) is 23.8 Å². The molecule has 104 valence electrons. The van der Waals surface area contributed by atoms with Crippen molar-refractivity contribution in [1.82, 2.24) is 10.2 Å². The third-order valence-electron chi connectivity index (χ3n) is 3.39. The van der Waals surface area contributed by atoms with Crippen molar-refractivity contribution in [2.75, 3.05) is 26.2 Å². The molecule has 0 aromatic heterocycles. The summed E-state index contributed by atoms with van der Waals surface area (Å²) < 4.78 is 0. The van der Waals surface area contributed by atoms with E-state index >= 15 is 0 Å². The molecule has 1 heterocycles. The van der Waals surface area contributed by atoms with Gasteiger partial charge in [0, 0.05) is 6.54 Å². The van der Waals surface area contributed by atoms with Gasteiger partial charge in [-0.15, -0.1) is 0 Å². The van der Waals surface area contributed by atoms with Crippen LogP contribution in [0.3, 0.4) is 0 Å². The highest BCUT2D eigenvalue weighted by atomic mass is 16.3. The van der Waals surface area contributed by atoms with Crippen LogP contribution in [0.4, 0.5) is 0 Å². The zero-order valence-electron chi connectivity index (χ0n) is 10.9. The Kier molecular flexibility index (Phi) is 4.63. The van der Waals surface area contributed by atoms with E-state index in [0.717, 1.165) is 26.1 Å². The second-order valence-electron chi connectivity index (χ2n) is 4.83. The highest BCUT2D eigenvalue weighted by molar-refractivity contribution is 5.97. The number of nitrogens with zero attached hydrogens (tertiary/aromatic N) is 1. The van der Waals surface area contributed by atoms with Crippen LogP contribution in [0, 0.1) is 0 Å². The van der Waals surface area contributed by atoms with Crippen molar-refractivity contribution < 1.29 is 15.0 Å². The Morgan fingerprint density at radius 3 is 2.74 bits per heavy atom. The van der Waals surface area contributed by atoms with Gasteiger partial charge < -0.3 is 20.4 Å². The van der Waals surface area contributed by atoms with Crippen molar-refractivity contribution in [3.8, 4) is 11.5 Å². The number of para-hydroxylation sites is 1. The molecular weight excluding hydrogens is 244 g/mol. The van der Waals surface area contributed by atoms with Crippen LogP contribution in [0.25, 0.3) is 0 Å². The van der Waals surface area contributed by atoms with Gasteiger partial charge in [0.25, 0.3) is 5.91 Å². The van der Waals surface area contributed by atoms with Gasteiger partial charge in [-0.3, -0.25) is 4.79 Å². The minimum atomic E-state index is -0.362. The predicted molar refractivity (Wildman–Crippen MR) is 72.4 cm³/mol. The van der Waals surface area contributed by atoms with E-state index < -0.39 is 0 Å². The molecule has 5 nitrogen and oxygen atoms in total. The maximum atomic E-state index is 11.8. The van der Waals surface area contributed by atoms with Gasteiger partial charge in [-0.25, -0.2) is 0 Å². The lowest BCUT2D eigenvalue weighted by atomic mass is 10.1. The summed E-state index contributed by atoms with van der Waals surface area (Å²) >= 11 is 0. The molecule has 1 aliphatic rings. The van der Waals surface area contributed by atoms with Gasteiger partial charge in [-0.1, -0.05) is 6.07 Å². The van der Waals surface area contributed by atoms with Crippen molar-refractivity contribution in [3.63, 3.8) is 0 Å². The number of phenolic OH excluding ortho intramolecular Hbond substituents is 2. The quantitative estimate of drug-likeness (QED) is 0.554. The maximum Gasteiger partial charge on any atom is 0.255 e. The fraction of sp³-hybridized carbons (Fsp3) is 0.500. The van der Waals surface area contributed by atoms with Crippen LogP contribution < -0.4 is 5.32 Å². The minimum Gasteiger partial charge on any atom is -0.504 e. The summed E-state index contributed by atoms with van der Waals surface area (Å²) in [5.74, 6) is -0.987. The monoisotopic (exact) mass is 264 g/mol. The van der Waals surface area contributed by atoms with Gasteiger partial charge >= 0.3 is 0 Å². The fourth-order valence-corrected chi connectivity index (χ4v) is 2.32. The van der Waals surface area contributed by atoms with E-state index in [1.165, 1.54) is 31.0 Å². The first-order valence-electron chi connectivity index (χ1n) is 6.70. The molecule has 5 heteroatoms. The summed E-state index contributed by atoms with van der Waals surface area (Å²) in [5, 5.41) is 21.7. The number of likely N-dealkylation sites (tertiary alicyclic amines) is 1. The summed E-state index contributed by atoms with van der Waals surface area (Å²) in [4.78, 5) is 14.2. The average molecular weight is 264 g/mol. The zero-order chi connectivity index (χ0) is 13.7. The van der Waals surface area contributed by atoms with Crippen LogP contribution in [-0.2, 0) is 0 Å². The van der Waals surface area contributed by atoms with Crippen LogP contribution >= 0.6 is 0 Å². The van der Waals surface area contributed by atoms with Crippen LogP contribution in [-0.4, -0.2) is 47.2 Å². The molecule has 0 spiro atoms. The summed E-state index contributed by atoms with van der Waals surface area (Å²) in [5.41, 5.74) is 0.112. The van der Waals surface area contributed by atoms with E-state index in [4.69, 9.17) is 0 Å². The predicted octanol–water partition coefficient (Wildman–Crippen LogP) is 1.31. The van der Waals surface area contributed by atoms with E-state index in [1.54, 1.807) is 0 Å². The molecule has 1 saturated heterocycles. The second kappa shape index (κ2) is 6.43. The molecule has 0 bridgehead atoms. The molecule has 2 rings (SSSR count). The fourth-order valence-electron chi connectivity index (χ4n) is 2.32. The molecule has 1 amide bonds. The number of carbonyl (C=O) groups excluding carboxylic acids is 1. The number of aromatic hydroxyl groups is 2. The number of hydrogen-bond donors (Lipinski definition) is 3. The Bertz CT molecular complexity index is 442. The van der Waals surface area contributed by atoms with Crippen molar-refractivity contribution >= 4 is 5.91 Å². The smallest absolute Gasteiger partial charge is 0.255 e. The highest BCUT2D eigenvalue weighted by Gasteiger charge is 2.14. The Balaban J connectivity index is 1.76. The van der Waals surface area contributed by atoms with Crippen LogP contribution in [0.1, 0.15) is 29.6 Å². The second-order valence-corrected chi connectivity index (χ2v) is 4.83. The van der Waals surface area contributed by atoms with Crippen molar-refractivity contribution in [2.24, 2.45) is 0 Å². The van der Waals surface area contributed by atoms with E-state index in [9.17, 15) is 15.0 Å². The number of phenols is 2. The van der Waals surface area contributed by atoms with Crippen LogP contribution in [0.5, 0.6) is 11.5 Å². The van der Waals surface area contributed by atoms with Crippen LogP contribution in [0.15, 0.2) is 18.2 Å². The van der Waals surface area contributed by atoms with Gasteiger partial charge in [-0.05, 0) is 51.0 Å². The Morgan fingerprint density at radius 1 is 1.26 bits per heavy atom. The van der Waals surface area contributed by atoms with Crippen molar-refractivity contribution in [2.45, 2.75) is 19.3 Å². The van der Waals surface area contributed by atoms with E-state index in [2.05, 4.69) is 10.2 Å². The third kappa shape index (κ3) is 3.61. The molecule has 1 fully saturated rings. The molecule has 19 heavy (non-hydrogen) atoms. The van der Waals surface area contributed by atoms with Gasteiger partial charge in [0.2, 0.25) is 0 Å². The third-order valence-corrected chi connectivity index (χ3v) is 3.39. The molecule has 0 radical (unpaired) electrons. The first-order chi connectivity index (χ1) is 9.18. The number of nitrogens with one attached hydrogen (secondary N) is 1. The summed E-state index contributed by atoms with van der Waals surface area (Å²) in [7, 11) is 0. The Labute approximate surface area is 112 Å². The average Bonchev–Trinajstić information content (AvgIpc) is 2.91. The van der Waals surface area contributed by atoms with E-state index in [0.29, 0.717) is 6.54 Å². The number of hydrogen-bond acceptors (Lipinski definition) is 4. The summed E-state index contributed by atoms with van der Waals surface area (Å²) in [6.07, 6.45) is 3.43. The number of benzene rings is 1. The van der Waals surface area contributed by atoms with Gasteiger partial charge in [-0.2, -0.15) is 0 Å². The van der Waals surface area contributed by atoms with E-state index in [1.807, 2.05) is 0 Å². The normalized spacial score (nSPS) is 15.6.